The summed E-state index contributed by atoms with van der Waals surface area (Å²) in [5.41, 5.74) is 3.28. The lowest BCUT2D eigenvalue weighted by Gasteiger charge is -2.11. The Morgan fingerprint density at radius 1 is 0.952 bits per heavy atom. The maximum absolute atomic E-state index is 4.43. The van der Waals surface area contributed by atoms with Gasteiger partial charge in [0, 0.05) is 25.3 Å². The van der Waals surface area contributed by atoms with Crippen LogP contribution in [0.4, 0.5) is 5.69 Å². The monoisotopic (exact) mass is 279 g/mol. The zero-order chi connectivity index (χ0) is 14.7. The predicted octanol–water partition coefficient (Wildman–Crippen LogP) is 2.45. The van der Waals surface area contributed by atoms with Crippen LogP contribution in [0, 0.1) is 0 Å². The molecule has 2 aromatic carbocycles. The van der Waals surface area contributed by atoms with E-state index < -0.39 is 0 Å². The van der Waals surface area contributed by atoms with E-state index in [4.69, 9.17) is 0 Å². The first-order chi connectivity index (χ1) is 10.2. The van der Waals surface area contributed by atoms with Crippen molar-refractivity contribution in [2.45, 2.75) is 6.54 Å². The summed E-state index contributed by atoms with van der Waals surface area (Å²) in [5.74, 6) is 0.649. The summed E-state index contributed by atoms with van der Waals surface area (Å²) < 4.78 is 0. The molecule has 1 aromatic heterocycles. The summed E-state index contributed by atoms with van der Waals surface area (Å²) in [6.45, 7) is 0.629. The van der Waals surface area contributed by atoms with Gasteiger partial charge in [0.05, 0.1) is 6.54 Å². The molecule has 3 rings (SSSR count). The first-order valence-corrected chi connectivity index (χ1v) is 6.82. The van der Waals surface area contributed by atoms with E-state index in [9.17, 15) is 0 Å². The summed E-state index contributed by atoms with van der Waals surface area (Å²) in [6, 6.07) is 18.2. The highest BCUT2D eigenvalue weighted by Gasteiger charge is 2.06. The number of hydrogen-bond acceptors (Lipinski definition) is 4. The Morgan fingerprint density at radius 2 is 1.67 bits per heavy atom. The van der Waals surface area contributed by atoms with Gasteiger partial charge in [-0.2, -0.15) is 4.80 Å². The van der Waals surface area contributed by atoms with E-state index in [1.165, 1.54) is 0 Å². The van der Waals surface area contributed by atoms with Crippen LogP contribution in [0.25, 0.3) is 11.4 Å². The van der Waals surface area contributed by atoms with E-state index in [2.05, 4.69) is 32.4 Å². The lowest BCUT2D eigenvalue weighted by atomic mass is 10.2. The van der Waals surface area contributed by atoms with Crippen molar-refractivity contribution in [3.8, 4) is 11.4 Å². The van der Waals surface area contributed by atoms with Gasteiger partial charge < -0.3 is 4.90 Å². The molecule has 5 nitrogen and oxygen atoms in total. The van der Waals surface area contributed by atoms with Gasteiger partial charge in [0.15, 0.2) is 0 Å². The molecule has 0 unspecified atom stereocenters. The van der Waals surface area contributed by atoms with Crippen LogP contribution in [-0.2, 0) is 6.54 Å². The van der Waals surface area contributed by atoms with Gasteiger partial charge in [-0.1, -0.05) is 30.3 Å². The van der Waals surface area contributed by atoms with Gasteiger partial charge in [0.1, 0.15) is 0 Å². The van der Waals surface area contributed by atoms with Crippen LogP contribution in [0.15, 0.2) is 54.6 Å². The fraction of sp³-hybridized carbons (Fsp3) is 0.188. The van der Waals surface area contributed by atoms with Crippen LogP contribution in [0.1, 0.15) is 5.56 Å². The zero-order valence-electron chi connectivity index (χ0n) is 12.1. The summed E-state index contributed by atoms with van der Waals surface area (Å²) in [6.07, 6.45) is 0. The molecule has 21 heavy (non-hydrogen) atoms. The third-order valence-corrected chi connectivity index (χ3v) is 3.26. The van der Waals surface area contributed by atoms with Crippen LogP contribution in [0.2, 0.25) is 0 Å². The Balaban J connectivity index is 1.78. The van der Waals surface area contributed by atoms with Crippen LogP contribution >= 0.6 is 0 Å². The average molecular weight is 279 g/mol. The predicted molar refractivity (Wildman–Crippen MR) is 83.1 cm³/mol. The first kappa shape index (κ1) is 13.3. The minimum atomic E-state index is 0.629. The van der Waals surface area contributed by atoms with Crippen LogP contribution in [0.5, 0.6) is 0 Å². The smallest absolute Gasteiger partial charge is 0.204 e. The Hall–Kier alpha value is -2.69. The Bertz CT molecular complexity index is 701. The molecule has 0 saturated carbocycles. The minimum Gasteiger partial charge on any atom is -0.378 e. The number of benzene rings is 2. The maximum Gasteiger partial charge on any atom is 0.204 e. The SMILES string of the molecule is CN(C)c1ccc(-c2nnn(Cc3ccccc3)n2)cc1. The van der Waals surface area contributed by atoms with Gasteiger partial charge >= 0.3 is 0 Å². The summed E-state index contributed by atoms with van der Waals surface area (Å²) in [7, 11) is 4.03. The molecule has 0 radical (unpaired) electrons. The lowest BCUT2D eigenvalue weighted by molar-refractivity contribution is 0.573. The average Bonchev–Trinajstić information content (AvgIpc) is 2.97. The molecule has 0 N–H and O–H groups in total. The topological polar surface area (TPSA) is 46.8 Å². The third kappa shape index (κ3) is 3.08. The highest BCUT2D eigenvalue weighted by atomic mass is 15.6. The Labute approximate surface area is 123 Å². The lowest BCUT2D eigenvalue weighted by Crippen LogP contribution is -2.08. The number of hydrogen-bond donors (Lipinski definition) is 0. The zero-order valence-corrected chi connectivity index (χ0v) is 12.1. The van der Waals surface area contributed by atoms with Crippen molar-refractivity contribution >= 4 is 5.69 Å². The molecule has 0 atom stereocenters. The van der Waals surface area contributed by atoms with E-state index in [0.29, 0.717) is 12.4 Å². The molecule has 0 amide bonds. The molecule has 0 aliphatic rings. The van der Waals surface area contributed by atoms with E-state index in [0.717, 1.165) is 16.8 Å². The van der Waals surface area contributed by atoms with Gasteiger partial charge in [-0.15, -0.1) is 10.2 Å². The first-order valence-electron chi connectivity index (χ1n) is 6.82. The fourth-order valence-electron chi connectivity index (χ4n) is 2.08. The minimum absolute atomic E-state index is 0.629. The molecule has 0 spiro atoms. The van der Waals surface area contributed by atoms with Crippen molar-refractivity contribution in [1.29, 1.82) is 0 Å². The van der Waals surface area contributed by atoms with Crippen molar-refractivity contribution in [2.24, 2.45) is 0 Å². The van der Waals surface area contributed by atoms with E-state index in [-0.39, 0.29) is 0 Å². The van der Waals surface area contributed by atoms with Gasteiger partial charge in [-0.05, 0) is 35.0 Å². The van der Waals surface area contributed by atoms with E-state index in [1.54, 1.807) is 4.80 Å². The summed E-state index contributed by atoms with van der Waals surface area (Å²) in [5, 5.41) is 12.7. The highest BCUT2D eigenvalue weighted by molar-refractivity contribution is 5.59. The molecule has 1 heterocycles. The number of anilines is 1. The van der Waals surface area contributed by atoms with Crippen molar-refractivity contribution in [2.75, 3.05) is 19.0 Å². The van der Waals surface area contributed by atoms with Crippen LogP contribution in [0.3, 0.4) is 0 Å². The van der Waals surface area contributed by atoms with Crippen LogP contribution < -0.4 is 4.90 Å². The molecule has 0 aliphatic carbocycles. The van der Waals surface area contributed by atoms with Crippen LogP contribution in [-0.4, -0.2) is 34.3 Å². The molecular formula is C16H17N5. The van der Waals surface area contributed by atoms with Gasteiger partial charge in [0.25, 0.3) is 0 Å². The van der Waals surface area contributed by atoms with Gasteiger partial charge in [-0.3, -0.25) is 0 Å². The number of nitrogens with zero attached hydrogens (tertiary/aromatic N) is 5. The second-order valence-corrected chi connectivity index (χ2v) is 5.07. The fourth-order valence-corrected chi connectivity index (χ4v) is 2.08. The molecule has 0 bridgehead atoms. The van der Waals surface area contributed by atoms with Gasteiger partial charge in [0.2, 0.25) is 5.82 Å². The second-order valence-electron chi connectivity index (χ2n) is 5.07. The van der Waals surface area contributed by atoms with E-state index in [1.807, 2.05) is 56.6 Å². The standard InChI is InChI=1S/C16H17N5/c1-20(2)15-10-8-14(9-11-15)16-17-19-21(18-16)12-13-6-4-3-5-7-13/h3-11H,12H2,1-2H3. The van der Waals surface area contributed by atoms with Crippen molar-refractivity contribution < 1.29 is 0 Å². The molecule has 5 heteroatoms. The highest BCUT2D eigenvalue weighted by Crippen LogP contribution is 2.18. The number of aromatic nitrogens is 4. The quantitative estimate of drug-likeness (QED) is 0.736. The normalized spacial score (nSPS) is 10.6. The summed E-state index contributed by atoms with van der Waals surface area (Å²) in [4.78, 5) is 3.67. The van der Waals surface area contributed by atoms with Crippen molar-refractivity contribution in [3.05, 3.63) is 60.2 Å². The molecule has 106 valence electrons. The molecular weight excluding hydrogens is 262 g/mol. The Morgan fingerprint density at radius 3 is 2.33 bits per heavy atom. The van der Waals surface area contributed by atoms with Crippen molar-refractivity contribution in [1.82, 2.24) is 20.2 Å². The molecule has 3 aromatic rings. The molecule has 0 aliphatic heterocycles. The van der Waals surface area contributed by atoms with E-state index >= 15 is 0 Å². The molecule has 0 saturated heterocycles. The van der Waals surface area contributed by atoms with Gasteiger partial charge in [-0.25, -0.2) is 0 Å². The Kier molecular flexibility index (Phi) is 3.64. The molecule has 0 fully saturated rings. The number of tetrazole rings is 1. The largest absolute Gasteiger partial charge is 0.378 e. The maximum atomic E-state index is 4.43. The third-order valence-electron chi connectivity index (χ3n) is 3.26. The summed E-state index contributed by atoms with van der Waals surface area (Å²) >= 11 is 0. The van der Waals surface area contributed by atoms with Crippen molar-refractivity contribution in [3.63, 3.8) is 0 Å². The second kappa shape index (κ2) is 5.75. The number of rotatable bonds is 4.